The maximum atomic E-state index is 12.0. The van der Waals surface area contributed by atoms with Crippen LogP contribution in [0.2, 0.25) is 0 Å². The standard InChI is InChI=1S/C13H21N3OS/c1-7(2)13-15-6-10(18-13)12-9(14)5-11(17)16(12)8(3)4/h6-9,12H,5,14H2,1-4H3. The van der Waals surface area contributed by atoms with Crippen molar-refractivity contribution in [2.75, 3.05) is 0 Å². The Morgan fingerprint density at radius 1 is 1.44 bits per heavy atom. The predicted molar refractivity (Wildman–Crippen MR) is 73.5 cm³/mol. The maximum Gasteiger partial charge on any atom is 0.225 e. The van der Waals surface area contributed by atoms with Crippen LogP contribution in [0.5, 0.6) is 0 Å². The number of likely N-dealkylation sites (tertiary alicyclic amines) is 1. The molecule has 1 aromatic rings. The number of nitrogens with zero attached hydrogens (tertiary/aromatic N) is 2. The topological polar surface area (TPSA) is 59.2 Å². The van der Waals surface area contributed by atoms with Gasteiger partial charge in [0.1, 0.15) is 0 Å². The number of thiazole rings is 1. The molecule has 2 heterocycles. The first-order valence-electron chi connectivity index (χ1n) is 6.44. The number of rotatable bonds is 3. The van der Waals surface area contributed by atoms with Gasteiger partial charge >= 0.3 is 0 Å². The van der Waals surface area contributed by atoms with Crippen LogP contribution >= 0.6 is 11.3 Å². The molecule has 0 bridgehead atoms. The van der Waals surface area contributed by atoms with E-state index < -0.39 is 0 Å². The molecule has 4 nitrogen and oxygen atoms in total. The largest absolute Gasteiger partial charge is 0.331 e. The van der Waals surface area contributed by atoms with Gasteiger partial charge in [-0.1, -0.05) is 13.8 Å². The van der Waals surface area contributed by atoms with Crippen molar-refractivity contribution in [2.45, 2.75) is 58.2 Å². The zero-order chi connectivity index (χ0) is 13.4. The highest BCUT2D eigenvalue weighted by Crippen LogP contribution is 2.37. The second-order valence-corrected chi connectivity index (χ2v) is 6.56. The van der Waals surface area contributed by atoms with Crippen LogP contribution in [0.25, 0.3) is 0 Å². The van der Waals surface area contributed by atoms with Gasteiger partial charge in [-0.05, 0) is 13.8 Å². The van der Waals surface area contributed by atoms with E-state index in [0.717, 1.165) is 9.88 Å². The Morgan fingerprint density at radius 2 is 2.11 bits per heavy atom. The van der Waals surface area contributed by atoms with Crippen LogP contribution in [0.3, 0.4) is 0 Å². The summed E-state index contributed by atoms with van der Waals surface area (Å²) in [4.78, 5) is 19.4. The maximum absolute atomic E-state index is 12.0. The third-order valence-corrected chi connectivity index (χ3v) is 4.66. The SMILES string of the molecule is CC(C)c1ncc(C2C(N)CC(=O)N2C(C)C)s1. The number of nitrogens with two attached hydrogens (primary N) is 1. The number of hydrogen-bond donors (Lipinski definition) is 1. The zero-order valence-electron chi connectivity index (χ0n) is 11.4. The van der Waals surface area contributed by atoms with E-state index in [1.165, 1.54) is 0 Å². The summed E-state index contributed by atoms with van der Waals surface area (Å²) >= 11 is 1.68. The zero-order valence-corrected chi connectivity index (χ0v) is 12.2. The molecule has 0 spiro atoms. The van der Waals surface area contributed by atoms with Crippen LogP contribution in [0, 0.1) is 0 Å². The van der Waals surface area contributed by atoms with Gasteiger partial charge in [-0.25, -0.2) is 4.98 Å². The number of amides is 1. The molecule has 5 heteroatoms. The Balaban J connectivity index is 2.31. The van der Waals surface area contributed by atoms with E-state index in [-0.39, 0.29) is 24.0 Å². The van der Waals surface area contributed by atoms with E-state index in [4.69, 9.17) is 5.73 Å². The molecule has 0 aromatic carbocycles. The normalized spacial score (nSPS) is 24.6. The molecule has 0 radical (unpaired) electrons. The van der Waals surface area contributed by atoms with Crippen LogP contribution in [-0.2, 0) is 4.79 Å². The molecule has 18 heavy (non-hydrogen) atoms. The van der Waals surface area contributed by atoms with Gasteiger partial charge in [-0.3, -0.25) is 4.79 Å². The molecule has 1 fully saturated rings. The molecule has 2 atom stereocenters. The van der Waals surface area contributed by atoms with Crippen LogP contribution < -0.4 is 5.73 Å². The monoisotopic (exact) mass is 267 g/mol. The first-order chi connectivity index (χ1) is 8.41. The van der Waals surface area contributed by atoms with Crippen molar-refractivity contribution in [1.29, 1.82) is 0 Å². The summed E-state index contributed by atoms with van der Waals surface area (Å²) < 4.78 is 0. The smallest absolute Gasteiger partial charge is 0.225 e. The molecule has 1 saturated heterocycles. The molecule has 1 aliphatic rings. The number of carbonyl (C=O) groups excluding carboxylic acids is 1. The van der Waals surface area contributed by atoms with Gasteiger partial charge in [0, 0.05) is 35.5 Å². The average molecular weight is 267 g/mol. The van der Waals surface area contributed by atoms with Crippen LogP contribution in [0.15, 0.2) is 6.20 Å². The minimum absolute atomic E-state index is 0.00231. The molecule has 2 N–H and O–H groups in total. The van der Waals surface area contributed by atoms with Gasteiger partial charge < -0.3 is 10.6 Å². The lowest BCUT2D eigenvalue weighted by atomic mass is 10.1. The summed E-state index contributed by atoms with van der Waals surface area (Å²) in [6, 6.07) is 0.0727. The van der Waals surface area contributed by atoms with Gasteiger partial charge in [0.2, 0.25) is 5.91 Å². The second-order valence-electron chi connectivity index (χ2n) is 5.46. The fourth-order valence-corrected chi connectivity index (χ4v) is 3.54. The Kier molecular flexibility index (Phi) is 3.73. The fraction of sp³-hybridized carbons (Fsp3) is 0.692. The lowest BCUT2D eigenvalue weighted by Crippen LogP contribution is -2.37. The number of carbonyl (C=O) groups is 1. The first kappa shape index (κ1) is 13.5. The lowest BCUT2D eigenvalue weighted by molar-refractivity contribution is -0.130. The van der Waals surface area contributed by atoms with Crippen LogP contribution in [0.1, 0.15) is 56.0 Å². The highest BCUT2D eigenvalue weighted by molar-refractivity contribution is 7.11. The summed E-state index contributed by atoms with van der Waals surface area (Å²) in [5.41, 5.74) is 6.13. The molecule has 1 aliphatic heterocycles. The molecular formula is C13H21N3OS. The van der Waals surface area contributed by atoms with E-state index in [1.807, 2.05) is 24.9 Å². The van der Waals surface area contributed by atoms with Crippen molar-refractivity contribution in [2.24, 2.45) is 5.73 Å². The van der Waals surface area contributed by atoms with Gasteiger partial charge in [0.15, 0.2) is 0 Å². The molecule has 2 unspecified atom stereocenters. The summed E-state index contributed by atoms with van der Waals surface area (Å²) in [7, 11) is 0. The Morgan fingerprint density at radius 3 is 2.61 bits per heavy atom. The minimum Gasteiger partial charge on any atom is -0.331 e. The van der Waals surface area contributed by atoms with Gasteiger partial charge in [-0.15, -0.1) is 11.3 Å². The van der Waals surface area contributed by atoms with Gasteiger partial charge in [0.05, 0.1) is 11.0 Å². The highest BCUT2D eigenvalue weighted by Gasteiger charge is 2.40. The Bertz CT molecular complexity index is 441. The third kappa shape index (κ3) is 2.29. The molecule has 0 saturated carbocycles. The molecule has 100 valence electrons. The predicted octanol–water partition coefficient (Wildman–Crippen LogP) is 2.28. The molecule has 2 rings (SSSR count). The van der Waals surface area contributed by atoms with E-state index in [1.54, 1.807) is 11.3 Å². The summed E-state index contributed by atoms with van der Waals surface area (Å²) in [5, 5.41) is 1.11. The van der Waals surface area contributed by atoms with E-state index in [9.17, 15) is 4.79 Å². The summed E-state index contributed by atoms with van der Waals surface area (Å²) in [6.07, 6.45) is 2.33. The Labute approximate surface area is 112 Å². The van der Waals surface area contributed by atoms with Crippen LogP contribution in [-0.4, -0.2) is 27.9 Å². The van der Waals surface area contributed by atoms with Crippen molar-refractivity contribution in [1.82, 2.24) is 9.88 Å². The Hall–Kier alpha value is -0.940. The van der Waals surface area contributed by atoms with Crippen molar-refractivity contribution in [3.63, 3.8) is 0 Å². The van der Waals surface area contributed by atoms with Gasteiger partial charge in [0.25, 0.3) is 0 Å². The van der Waals surface area contributed by atoms with Crippen molar-refractivity contribution >= 4 is 17.2 Å². The molecular weight excluding hydrogens is 246 g/mol. The van der Waals surface area contributed by atoms with Gasteiger partial charge in [-0.2, -0.15) is 0 Å². The van der Waals surface area contributed by atoms with E-state index in [0.29, 0.717) is 12.3 Å². The fourth-order valence-electron chi connectivity index (χ4n) is 2.44. The summed E-state index contributed by atoms with van der Waals surface area (Å²) in [5.74, 6) is 0.576. The molecule has 0 aliphatic carbocycles. The van der Waals surface area contributed by atoms with E-state index in [2.05, 4.69) is 18.8 Å². The second kappa shape index (κ2) is 4.97. The van der Waals surface area contributed by atoms with Crippen LogP contribution in [0.4, 0.5) is 0 Å². The first-order valence-corrected chi connectivity index (χ1v) is 7.25. The lowest BCUT2D eigenvalue weighted by Gasteiger charge is -2.29. The minimum atomic E-state index is -0.111. The number of aromatic nitrogens is 1. The molecule has 1 amide bonds. The van der Waals surface area contributed by atoms with Crippen molar-refractivity contribution in [3.8, 4) is 0 Å². The third-order valence-electron chi connectivity index (χ3n) is 3.29. The molecule has 1 aromatic heterocycles. The quantitative estimate of drug-likeness (QED) is 0.914. The summed E-state index contributed by atoms with van der Waals surface area (Å²) in [6.45, 7) is 8.33. The highest BCUT2D eigenvalue weighted by atomic mass is 32.1. The van der Waals surface area contributed by atoms with Crippen molar-refractivity contribution in [3.05, 3.63) is 16.1 Å². The average Bonchev–Trinajstić information content (AvgIpc) is 2.81. The number of hydrogen-bond acceptors (Lipinski definition) is 4. The van der Waals surface area contributed by atoms with Crippen molar-refractivity contribution < 1.29 is 4.79 Å². The van der Waals surface area contributed by atoms with E-state index >= 15 is 0 Å².